The number of carbonyl (C=O) groups is 2. The second kappa shape index (κ2) is 12.2. The summed E-state index contributed by atoms with van der Waals surface area (Å²) in [5.41, 5.74) is 5.16. The molecule has 1 aliphatic carbocycles. The quantitative estimate of drug-likeness (QED) is 0.280. The van der Waals surface area contributed by atoms with Crippen molar-refractivity contribution in [1.82, 2.24) is 19.4 Å². The SMILES string of the molecule is Cc1c(NC(=O)c2cc3c(s2)CCCC3)cc(Cl)cc1-c1cn(C)c(=O)c(Nc2ccc(C3C(=O)N(C)CCN3C)cc2)n1. The molecular formula is C33H35ClN6O3S. The van der Waals surface area contributed by atoms with Crippen molar-refractivity contribution in [3.63, 3.8) is 0 Å². The lowest BCUT2D eigenvalue weighted by atomic mass is 9.99. The topological polar surface area (TPSA) is 99.6 Å². The third-order valence-electron chi connectivity index (χ3n) is 8.52. The van der Waals surface area contributed by atoms with Crippen LogP contribution in [0.2, 0.25) is 5.02 Å². The molecule has 0 saturated carbocycles. The third-order valence-corrected chi connectivity index (χ3v) is 9.97. The highest BCUT2D eigenvalue weighted by Gasteiger charge is 2.32. The molecule has 2 aromatic heterocycles. The normalized spacial score (nSPS) is 17.0. The molecule has 4 aromatic rings. The van der Waals surface area contributed by atoms with Gasteiger partial charge in [-0.25, -0.2) is 4.98 Å². The molecule has 0 spiro atoms. The molecule has 0 radical (unpaired) electrons. The van der Waals surface area contributed by atoms with Crippen molar-refractivity contribution in [3.05, 3.63) is 90.5 Å². The molecule has 2 N–H and O–H groups in total. The van der Waals surface area contributed by atoms with Crippen LogP contribution in [0.15, 0.2) is 53.5 Å². The highest BCUT2D eigenvalue weighted by molar-refractivity contribution is 7.14. The maximum Gasteiger partial charge on any atom is 0.293 e. The van der Waals surface area contributed by atoms with Crippen molar-refractivity contribution in [1.29, 1.82) is 0 Å². The first-order valence-electron chi connectivity index (χ1n) is 14.7. The number of benzene rings is 2. The van der Waals surface area contributed by atoms with Gasteiger partial charge in [0.1, 0.15) is 6.04 Å². The van der Waals surface area contributed by atoms with Crippen LogP contribution in [0.4, 0.5) is 17.2 Å². The van der Waals surface area contributed by atoms with E-state index in [1.54, 1.807) is 41.6 Å². The van der Waals surface area contributed by atoms with Gasteiger partial charge in [0.25, 0.3) is 11.5 Å². The number of anilines is 3. The summed E-state index contributed by atoms with van der Waals surface area (Å²) < 4.78 is 1.47. The molecule has 3 heterocycles. The van der Waals surface area contributed by atoms with Gasteiger partial charge in [-0.1, -0.05) is 23.7 Å². The number of halogens is 1. The van der Waals surface area contributed by atoms with Crippen LogP contribution in [0, 0.1) is 6.92 Å². The Hall–Kier alpha value is -3.99. The molecule has 6 rings (SSSR count). The van der Waals surface area contributed by atoms with E-state index >= 15 is 0 Å². The van der Waals surface area contributed by atoms with E-state index < -0.39 is 0 Å². The standard InChI is InChI=1S/C33H35ClN6O3S/c1-19-24(16-22(34)17-25(19)37-31(41)28-15-21-7-5-6-8-27(21)44-28)26-18-40(4)33(43)30(36-26)35-23-11-9-20(10-12-23)29-32(42)39(3)14-13-38(29)2/h9-12,15-18,29H,5-8,13-14H2,1-4H3,(H,35,36)(H,37,41). The van der Waals surface area contributed by atoms with Gasteiger partial charge in [-0.2, -0.15) is 0 Å². The Labute approximate surface area is 265 Å². The number of thiophene rings is 1. The summed E-state index contributed by atoms with van der Waals surface area (Å²) in [6.45, 7) is 3.40. The third kappa shape index (κ3) is 5.89. The van der Waals surface area contributed by atoms with E-state index in [0.717, 1.165) is 43.4 Å². The van der Waals surface area contributed by atoms with E-state index in [9.17, 15) is 14.4 Å². The first-order valence-corrected chi connectivity index (χ1v) is 15.9. The Balaban J connectivity index is 1.26. The van der Waals surface area contributed by atoms with Gasteiger partial charge in [0.15, 0.2) is 5.82 Å². The van der Waals surface area contributed by atoms with Crippen LogP contribution in [0.1, 0.15) is 50.1 Å². The number of aromatic nitrogens is 2. The molecule has 1 atom stereocenters. The zero-order valence-corrected chi connectivity index (χ0v) is 26.8. The number of hydrogen-bond donors (Lipinski definition) is 2. The van der Waals surface area contributed by atoms with Crippen LogP contribution in [-0.2, 0) is 24.7 Å². The van der Waals surface area contributed by atoms with Gasteiger partial charge in [0.05, 0.1) is 10.6 Å². The van der Waals surface area contributed by atoms with E-state index in [2.05, 4.69) is 15.6 Å². The Kier molecular flexibility index (Phi) is 8.32. The van der Waals surface area contributed by atoms with Crippen molar-refractivity contribution >= 4 is 51.9 Å². The minimum Gasteiger partial charge on any atom is -0.343 e. The number of piperazine rings is 1. The number of fused-ring (bicyclic) bond motifs is 1. The molecule has 44 heavy (non-hydrogen) atoms. The molecule has 0 bridgehead atoms. The maximum atomic E-state index is 13.2. The predicted octanol–water partition coefficient (Wildman–Crippen LogP) is 5.79. The Morgan fingerprint density at radius 2 is 1.77 bits per heavy atom. The summed E-state index contributed by atoms with van der Waals surface area (Å²) in [6, 6.07) is 12.7. The second-order valence-corrected chi connectivity index (χ2v) is 13.2. The van der Waals surface area contributed by atoms with Crippen molar-refractivity contribution in [2.24, 2.45) is 7.05 Å². The lowest BCUT2D eigenvalue weighted by Gasteiger charge is -2.37. The number of carbonyl (C=O) groups excluding carboxylic acids is 2. The molecule has 1 aliphatic heterocycles. The highest BCUT2D eigenvalue weighted by Crippen LogP contribution is 2.34. The van der Waals surface area contributed by atoms with E-state index in [-0.39, 0.29) is 29.2 Å². The molecule has 9 nitrogen and oxygen atoms in total. The zero-order chi connectivity index (χ0) is 31.1. The van der Waals surface area contributed by atoms with Crippen LogP contribution in [0.25, 0.3) is 11.3 Å². The van der Waals surface area contributed by atoms with Crippen LogP contribution < -0.4 is 16.2 Å². The number of likely N-dealkylation sites (N-methyl/N-ethyl adjacent to an activating group) is 2. The van der Waals surface area contributed by atoms with Gasteiger partial charge in [0, 0.05) is 60.2 Å². The van der Waals surface area contributed by atoms with Gasteiger partial charge >= 0.3 is 0 Å². The average molecular weight is 631 g/mol. The maximum absolute atomic E-state index is 13.2. The number of nitrogens with one attached hydrogen (secondary N) is 2. The average Bonchev–Trinajstić information content (AvgIpc) is 3.45. The minimum absolute atomic E-state index is 0.0599. The van der Waals surface area contributed by atoms with Crippen LogP contribution in [-0.4, -0.2) is 58.4 Å². The number of rotatable bonds is 6. The van der Waals surface area contributed by atoms with Crippen LogP contribution in [0.3, 0.4) is 0 Å². The zero-order valence-electron chi connectivity index (χ0n) is 25.2. The van der Waals surface area contributed by atoms with Crippen LogP contribution >= 0.6 is 22.9 Å². The Morgan fingerprint density at radius 1 is 1.02 bits per heavy atom. The number of aryl methyl sites for hydroxylation is 3. The highest BCUT2D eigenvalue weighted by atomic mass is 35.5. The van der Waals surface area contributed by atoms with E-state index in [0.29, 0.717) is 39.1 Å². The number of hydrogen-bond acceptors (Lipinski definition) is 7. The fourth-order valence-electron chi connectivity index (χ4n) is 5.91. The summed E-state index contributed by atoms with van der Waals surface area (Å²) >= 11 is 8.11. The smallest absolute Gasteiger partial charge is 0.293 e. The van der Waals surface area contributed by atoms with Crippen molar-refractivity contribution < 1.29 is 9.59 Å². The minimum atomic E-state index is -0.345. The predicted molar refractivity (Wildman–Crippen MR) is 176 cm³/mol. The second-order valence-electron chi connectivity index (χ2n) is 11.6. The summed E-state index contributed by atoms with van der Waals surface area (Å²) in [5, 5.41) is 6.65. The monoisotopic (exact) mass is 630 g/mol. The van der Waals surface area contributed by atoms with Gasteiger partial charge < -0.3 is 20.1 Å². The Morgan fingerprint density at radius 3 is 2.52 bits per heavy atom. The van der Waals surface area contributed by atoms with E-state index in [4.69, 9.17) is 11.6 Å². The molecule has 1 fully saturated rings. The van der Waals surface area contributed by atoms with Gasteiger partial charge in [0.2, 0.25) is 5.91 Å². The summed E-state index contributed by atoms with van der Waals surface area (Å²) in [7, 11) is 5.44. The van der Waals surface area contributed by atoms with Gasteiger partial charge in [-0.3, -0.25) is 19.3 Å². The fourth-order valence-corrected chi connectivity index (χ4v) is 7.27. The summed E-state index contributed by atoms with van der Waals surface area (Å²) in [6.07, 6.45) is 6.04. The lowest BCUT2D eigenvalue weighted by molar-refractivity contribution is -0.139. The van der Waals surface area contributed by atoms with E-state index in [1.807, 2.05) is 56.3 Å². The van der Waals surface area contributed by atoms with Gasteiger partial charge in [-0.05, 0) is 86.7 Å². The molecule has 2 amide bonds. The lowest BCUT2D eigenvalue weighted by Crippen LogP contribution is -2.48. The number of amides is 2. The fraction of sp³-hybridized carbons (Fsp3) is 0.333. The number of nitrogens with zero attached hydrogens (tertiary/aromatic N) is 4. The molecular weight excluding hydrogens is 596 g/mol. The first kappa shape index (κ1) is 30.1. The van der Waals surface area contributed by atoms with Crippen molar-refractivity contribution in [2.75, 3.05) is 37.8 Å². The first-order chi connectivity index (χ1) is 21.1. The largest absolute Gasteiger partial charge is 0.343 e. The van der Waals surface area contributed by atoms with Gasteiger partial charge in [-0.15, -0.1) is 11.3 Å². The van der Waals surface area contributed by atoms with Crippen molar-refractivity contribution in [3.8, 4) is 11.3 Å². The summed E-state index contributed by atoms with van der Waals surface area (Å²) in [4.78, 5) is 49.6. The van der Waals surface area contributed by atoms with Crippen LogP contribution in [0.5, 0.6) is 0 Å². The van der Waals surface area contributed by atoms with Crippen molar-refractivity contribution in [2.45, 2.75) is 38.6 Å². The molecule has 2 aromatic carbocycles. The Bertz CT molecular complexity index is 1790. The molecule has 11 heteroatoms. The molecule has 2 aliphatic rings. The molecule has 1 saturated heterocycles. The molecule has 1 unspecified atom stereocenters. The summed E-state index contributed by atoms with van der Waals surface area (Å²) in [5.74, 6) is 0.0508. The van der Waals surface area contributed by atoms with E-state index in [1.165, 1.54) is 15.0 Å². The molecule has 228 valence electrons.